The summed E-state index contributed by atoms with van der Waals surface area (Å²) in [6.07, 6.45) is 1.82. The van der Waals surface area contributed by atoms with Gasteiger partial charge in [-0.2, -0.15) is 0 Å². The Bertz CT molecular complexity index is 366. The molecule has 0 bridgehead atoms. The zero-order valence-corrected chi connectivity index (χ0v) is 8.01. The number of pyridine rings is 1. The molecule has 2 aromatic rings. The summed E-state index contributed by atoms with van der Waals surface area (Å²) in [6.45, 7) is 0. The van der Waals surface area contributed by atoms with Crippen LogP contribution in [0, 0.1) is 0 Å². The van der Waals surface area contributed by atoms with Crippen LogP contribution in [0.15, 0.2) is 29.2 Å². The lowest BCUT2D eigenvalue weighted by atomic mass is 10.2. The van der Waals surface area contributed by atoms with Gasteiger partial charge in [0.15, 0.2) is 0 Å². The maximum atomic E-state index is 4.21. The van der Waals surface area contributed by atoms with Crippen LogP contribution in [0.5, 0.6) is 0 Å². The zero-order valence-electron chi connectivity index (χ0n) is 7.19. The SMILES string of the molecule is CNc1ccc(-c2cscn2)cn1. The molecule has 2 heterocycles. The molecule has 0 fully saturated rings. The van der Waals surface area contributed by atoms with Gasteiger partial charge in [-0.05, 0) is 12.1 Å². The van der Waals surface area contributed by atoms with Gasteiger partial charge < -0.3 is 5.32 Å². The first-order valence-corrected chi connectivity index (χ1v) is 4.87. The van der Waals surface area contributed by atoms with Gasteiger partial charge in [-0.15, -0.1) is 11.3 Å². The molecule has 0 radical (unpaired) electrons. The van der Waals surface area contributed by atoms with E-state index in [1.807, 2.05) is 36.3 Å². The van der Waals surface area contributed by atoms with Gasteiger partial charge in [0.1, 0.15) is 5.82 Å². The van der Waals surface area contributed by atoms with Crippen LogP contribution in [-0.2, 0) is 0 Å². The summed E-state index contributed by atoms with van der Waals surface area (Å²) >= 11 is 1.59. The highest BCUT2D eigenvalue weighted by Gasteiger charge is 1.99. The second-order valence-electron chi connectivity index (χ2n) is 2.56. The first-order valence-electron chi connectivity index (χ1n) is 3.92. The quantitative estimate of drug-likeness (QED) is 0.791. The second kappa shape index (κ2) is 3.53. The molecule has 0 spiro atoms. The molecule has 0 aliphatic heterocycles. The van der Waals surface area contributed by atoms with Crippen LogP contribution < -0.4 is 5.32 Å². The van der Waals surface area contributed by atoms with Crippen LogP contribution in [-0.4, -0.2) is 17.0 Å². The van der Waals surface area contributed by atoms with Crippen molar-refractivity contribution in [2.45, 2.75) is 0 Å². The number of rotatable bonds is 2. The van der Waals surface area contributed by atoms with E-state index in [2.05, 4.69) is 15.3 Å². The number of hydrogen-bond acceptors (Lipinski definition) is 4. The minimum absolute atomic E-state index is 0.874. The summed E-state index contributed by atoms with van der Waals surface area (Å²) in [6, 6.07) is 3.95. The number of hydrogen-bond donors (Lipinski definition) is 1. The van der Waals surface area contributed by atoms with E-state index in [0.717, 1.165) is 17.1 Å². The fourth-order valence-electron chi connectivity index (χ4n) is 1.05. The van der Waals surface area contributed by atoms with Crippen LogP contribution >= 0.6 is 11.3 Å². The molecule has 2 aromatic heterocycles. The van der Waals surface area contributed by atoms with Crippen molar-refractivity contribution in [1.82, 2.24) is 9.97 Å². The Morgan fingerprint density at radius 1 is 1.31 bits per heavy atom. The van der Waals surface area contributed by atoms with E-state index in [1.54, 1.807) is 11.3 Å². The fraction of sp³-hybridized carbons (Fsp3) is 0.111. The second-order valence-corrected chi connectivity index (χ2v) is 3.27. The van der Waals surface area contributed by atoms with Gasteiger partial charge in [0, 0.05) is 24.2 Å². The molecule has 0 aromatic carbocycles. The van der Waals surface area contributed by atoms with Crippen molar-refractivity contribution in [3.8, 4) is 11.3 Å². The normalized spacial score (nSPS) is 9.92. The van der Waals surface area contributed by atoms with Crippen molar-refractivity contribution >= 4 is 17.2 Å². The first kappa shape index (κ1) is 8.19. The summed E-state index contributed by atoms with van der Waals surface area (Å²) in [5.41, 5.74) is 3.86. The Hall–Kier alpha value is -1.42. The van der Waals surface area contributed by atoms with Crippen LogP contribution in [0.25, 0.3) is 11.3 Å². The molecule has 4 heteroatoms. The molecule has 0 saturated heterocycles. The van der Waals surface area contributed by atoms with E-state index in [0.29, 0.717) is 0 Å². The van der Waals surface area contributed by atoms with Crippen molar-refractivity contribution in [2.24, 2.45) is 0 Å². The topological polar surface area (TPSA) is 37.8 Å². The third-order valence-corrected chi connectivity index (χ3v) is 2.33. The smallest absolute Gasteiger partial charge is 0.125 e. The highest BCUT2D eigenvalue weighted by Crippen LogP contribution is 2.18. The standard InChI is InChI=1S/C9H9N3S/c1-10-9-3-2-7(4-11-9)8-5-13-6-12-8/h2-6H,1H3,(H,10,11). The monoisotopic (exact) mass is 191 g/mol. The van der Waals surface area contributed by atoms with E-state index in [4.69, 9.17) is 0 Å². The van der Waals surface area contributed by atoms with Gasteiger partial charge >= 0.3 is 0 Å². The molecular formula is C9H9N3S. The molecule has 2 rings (SSSR count). The van der Waals surface area contributed by atoms with Crippen LogP contribution in [0.3, 0.4) is 0 Å². The highest BCUT2D eigenvalue weighted by atomic mass is 32.1. The highest BCUT2D eigenvalue weighted by molar-refractivity contribution is 7.07. The van der Waals surface area contributed by atoms with Gasteiger partial charge in [0.25, 0.3) is 0 Å². The average molecular weight is 191 g/mol. The van der Waals surface area contributed by atoms with Crippen molar-refractivity contribution in [3.63, 3.8) is 0 Å². The summed E-state index contributed by atoms with van der Waals surface area (Å²) < 4.78 is 0. The molecule has 13 heavy (non-hydrogen) atoms. The molecule has 1 N–H and O–H groups in total. The number of aromatic nitrogens is 2. The summed E-state index contributed by atoms with van der Waals surface area (Å²) in [7, 11) is 1.85. The minimum Gasteiger partial charge on any atom is -0.373 e. The van der Waals surface area contributed by atoms with Gasteiger partial charge in [0.05, 0.1) is 11.2 Å². The maximum absolute atomic E-state index is 4.21. The Kier molecular flexibility index (Phi) is 2.23. The van der Waals surface area contributed by atoms with Crippen LogP contribution in [0.2, 0.25) is 0 Å². The molecule has 0 amide bonds. The summed E-state index contributed by atoms with van der Waals surface area (Å²) in [5.74, 6) is 0.874. The van der Waals surface area contributed by atoms with E-state index in [1.165, 1.54) is 0 Å². The largest absolute Gasteiger partial charge is 0.373 e. The van der Waals surface area contributed by atoms with Crippen molar-refractivity contribution < 1.29 is 0 Å². The van der Waals surface area contributed by atoms with E-state index >= 15 is 0 Å². The van der Waals surface area contributed by atoms with E-state index < -0.39 is 0 Å². The predicted molar refractivity (Wildman–Crippen MR) is 54.9 cm³/mol. The lowest BCUT2D eigenvalue weighted by Crippen LogP contribution is -1.91. The third kappa shape index (κ3) is 1.67. The minimum atomic E-state index is 0.874. The van der Waals surface area contributed by atoms with Gasteiger partial charge in [-0.25, -0.2) is 9.97 Å². The van der Waals surface area contributed by atoms with E-state index in [-0.39, 0.29) is 0 Å². The molecular weight excluding hydrogens is 182 g/mol. The number of thiazole rings is 1. The van der Waals surface area contributed by atoms with Gasteiger partial charge in [-0.3, -0.25) is 0 Å². The Morgan fingerprint density at radius 2 is 2.23 bits per heavy atom. The first-order chi connectivity index (χ1) is 6.40. The Balaban J connectivity index is 2.33. The fourth-order valence-corrected chi connectivity index (χ4v) is 1.61. The van der Waals surface area contributed by atoms with Crippen molar-refractivity contribution in [3.05, 3.63) is 29.2 Å². The molecule has 0 saturated carbocycles. The lowest BCUT2D eigenvalue weighted by molar-refractivity contribution is 1.27. The number of nitrogens with zero attached hydrogens (tertiary/aromatic N) is 2. The molecule has 3 nitrogen and oxygen atoms in total. The predicted octanol–water partition coefficient (Wildman–Crippen LogP) is 2.25. The molecule has 0 unspecified atom stereocenters. The van der Waals surface area contributed by atoms with Crippen molar-refractivity contribution in [2.75, 3.05) is 12.4 Å². The molecule has 0 aliphatic carbocycles. The number of anilines is 1. The third-order valence-electron chi connectivity index (χ3n) is 1.75. The molecule has 0 aliphatic rings. The molecule has 0 atom stereocenters. The van der Waals surface area contributed by atoms with Gasteiger partial charge in [0.2, 0.25) is 0 Å². The summed E-state index contributed by atoms with van der Waals surface area (Å²) in [5, 5.41) is 4.98. The zero-order chi connectivity index (χ0) is 9.10. The van der Waals surface area contributed by atoms with Crippen LogP contribution in [0.1, 0.15) is 0 Å². The van der Waals surface area contributed by atoms with E-state index in [9.17, 15) is 0 Å². The number of nitrogens with one attached hydrogen (secondary N) is 1. The molecule has 66 valence electrons. The lowest BCUT2D eigenvalue weighted by Gasteiger charge is -1.99. The van der Waals surface area contributed by atoms with Crippen molar-refractivity contribution in [1.29, 1.82) is 0 Å². The maximum Gasteiger partial charge on any atom is 0.125 e. The Morgan fingerprint density at radius 3 is 2.77 bits per heavy atom. The average Bonchev–Trinajstić information content (AvgIpc) is 2.71. The van der Waals surface area contributed by atoms with Gasteiger partial charge in [-0.1, -0.05) is 0 Å². The Labute approximate surface area is 80.5 Å². The summed E-state index contributed by atoms with van der Waals surface area (Å²) in [4.78, 5) is 8.41. The van der Waals surface area contributed by atoms with Crippen LogP contribution in [0.4, 0.5) is 5.82 Å².